The van der Waals surface area contributed by atoms with Crippen LogP contribution in [-0.4, -0.2) is 106 Å². The van der Waals surface area contributed by atoms with E-state index in [0.717, 1.165) is 130 Å². The van der Waals surface area contributed by atoms with Crippen molar-refractivity contribution >= 4 is 325 Å². The van der Waals surface area contributed by atoms with E-state index in [-0.39, 0.29) is 36.4 Å². The highest BCUT2D eigenvalue weighted by molar-refractivity contribution is 8.79. The first-order chi connectivity index (χ1) is 43.7. The van der Waals surface area contributed by atoms with E-state index in [4.69, 9.17) is 75.4 Å². The zero-order chi connectivity index (χ0) is 65.9. The van der Waals surface area contributed by atoms with Gasteiger partial charge in [-0.1, -0.05) is 23.2 Å². The number of carbonyl (C=O) groups excluding carboxylic acids is 3. The Morgan fingerprint density at radius 1 is 0.681 bits per heavy atom. The Bertz CT molecular complexity index is 3460. The van der Waals surface area contributed by atoms with Gasteiger partial charge in [-0.15, -0.1) is 35.1 Å². The fraction of sp³-hybridized carbons (Fsp3) is 0.771. The number of thiophene rings is 2. The first-order valence-electron chi connectivity index (χ1n) is 27.7. The summed E-state index contributed by atoms with van der Waals surface area (Å²) in [5, 5.41) is 17.8. The second kappa shape index (κ2) is 63.4. The molecule has 8 heterocycles. The summed E-state index contributed by atoms with van der Waals surface area (Å²) in [6.45, 7) is 14.2. The molecule has 8 rings (SSSR count). The third-order valence-electron chi connectivity index (χ3n) is 13.1. The van der Waals surface area contributed by atoms with Gasteiger partial charge < -0.3 is 45.2 Å². The lowest BCUT2D eigenvalue weighted by atomic mass is 9.77. The molecule has 11 nitrogen and oxygen atoms in total. The highest BCUT2D eigenvalue weighted by atomic mass is 35.5. The zero-order valence-corrected chi connectivity index (χ0v) is 75.8. The number of halogens is 3. The molecule has 0 radical (unpaired) electrons. The number of aldehydes is 1. The second-order valence-corrected chi connectivity index (χ2v) is 64.0. The molecule has 0 aromatic carbocycles. The average Bonchev–Trinajstić information content (AvgIpc) is 1.77. The predicted molar refractivity (Wildman–Crippen MR) is 463 cm³/mol. The fourth-order valence-corrected chi connectivity index (χ4v) is 69.9. The van der Waals surface area contributed by atoms with E-state index < -0.39 is 0 Å². The van der Waals surface area contributed by atoms with Gasteiger partial charge in [0.2, 0.25) is 0 Å². The van der Waals surface area contributed by atoms with Gasteiger partial charge >= 0.3 is 0 Å². The van der Waals surface area contributed by atoms with Gasteiger partial charge in [-0.05, 0) is 151 Å². The Morgan fingerprint density at radius 3 is 1.51 bits per heavy atom. The van der Waals surface area contributed by atoms with Crippen LogP contribution >= 0.6 is 58.3 Å². The summed E-state index contributed by atoms with van der Waals surface area (Å²) in [4.78, 5) is 33.1. The van der Waals surface area contributed by atoms with E-state index in [1.165, 1.54) is 71.6 Å². The minimum Gasteiger partial charge on any atom is -0.396 e. The Kier molecular flexibility index (Phi) is 65.4. The number of ketones is 2. The Labute approximate surface area is 648 Å². The molecular formula is C48H78Cl3N3O8S29. The number of aliphatic hydroxyl groups excluding tert-OH is 1. The molecule has 0 bridgehead atoms. The average molecular weight is 1860 g/mol. The summed E-state index contributed by atoms with van der Waals surface area (Å²) in [6, 6.07) is 5.88. The van der Waals surface area contributed by atoms with Gasteiger partial charge in [-0.25, -0.2) is 0 Å². The molecule has 6 aliphatic heterocycles. The molecule has 0 amide bonds. The molecule has 0 saturated carbocycles. The van der Waals surface area contributed by atoms with Crippen molar-refractivity contribution in [1.29, 1.82) is 0 Å². The SMILES string of the molecule is CC(=O)C[C@H](C)N.CC1CC(=O)CC(CC2CCOCC2)N1.CC1CC2(CC(CC3CCOCC3)N1)OCCc1cc(Cl)sc12.Cl.O=CCC1CCOCC1.OCCc1csc(Cl)c1.S=S.S=S=S=S=S=S=S=S=S=S=S=S=S=S=S=S=S=S=S=S=S=S=S=S=S. The molecule has 43 heteroatoms. The monoisotopic (exact) mass is 1860 g/mol. The van der Waals surface area contributed by atoms with E-state index in [9.17, 15) is 14.4 Å². The van der Waals surface area contributed by atoms with Crippen molar-refractivity contribution in [1.82, 2.24) is 10.6 Å². The van der Waals surface area contributed by atoms with Crippen LogP contribution in [0.2, 0.25) is 8.67 Å². The van der Waals surface area contributed by atoms with Crippen LogP contribution in [0.4, 0.5) is 0 Å². The van der Waals surface area contributed by atoms with Gasteiger partial charge in [0.25, 0.3) is 0 Å². The number of nitrogens with one attached hydrogen (secondary N) is 2. The van der Waals surface area contributed by atoms with Crippen molar-refractivity contribution in [2.24, 2.45) is 23.5 Å². The topological polar surface area (TPSA) is 158 Å². The first-order valence-corrected chi connectivity index (χ1v) is 63.4. The normalized spacial score (nSPS) is 20.9. The van der Waals surface area contributed by atoms with Crippen LogP contribution in [0.3, 0.4) is 0 Å². The Hall–Kier alpha value is 4.90. The van der Waals surface area contributed by atoms with Crippen molar-refractivity contribution in [2.75, 3.05) is 52.9 Å². The Balaban J connectivity index is 0.000000573. The molecule has 2 aromatic heterocycles. The molecule has 0 aliphatic carbocycles. The van der Waals surface area contributed by atoms with Crippen LogP contribution in [0.1, 0.15) is 134 Å². The van der Waals surface area contributed by atoms with Crippen LogP contribution in [0, 0.1) is 17.8 Å². The molecule has 6 aliphatic rings. The minimum absolute atomic E-state index is 0. The molecule has 91 heavy (non-hydrogen) atoms. The van der Waals surface area contributed by atoms with Gasteiger partial charge in [0, 0.05) is 356 Å². The van der Waals surface area contributed by atoms with E-state index >= 15 is 0 Å². The van der Waals surface area contributed by atoms with Crippen molar-refractivity contribution in [3.05, 3.63) is 42.2 Å². The molecular weight excluding hydrogens is 1780 g/mol. The molecule has 5 unspecified atom stereocenters. The number of Topliss-reactive ketones (excluding diaryl/α,β-unsaturated/α-hetero) is 2. The van der Waals surface area contributed by atoms with Gasteiger partial charge in [-0.2, -0.15) is 0 Å². The minimum atomic E-state index is -0.105. The van der Waals surface area contributed by atoms with Crippen LogP contribution in [-0.2, 0) is 301 Å². The van der Waals surface area contributed by atoms with Crippen molar-refractivity contribution in [2.45, 2.75) is 166 Å². The summed E-state index contributed by atoms with van der Waals surface area (Å²) < 4.78 is 24.1. The number of ether oxygens (including phenoxy) is 4. The molecule has 1 spiro atoms. The van der Waals surface area contributed by atoms with Crippen LogP contribution in [0.5, 0.6) is 0 Å². The summed E-state index contributed by atoms with van der Waals surface area (Å²) >= 11 is 32.1. The van der Waals surface area contributed by atoms with E-state index in [1.807, 2.05) is 80.5 Å². The molecule has 6 atom stereocenters. The summed E-state index contributed by atoms with van der Waals surface area (Å²) in [5.74, 6) is 2.75. The van der Waals surface area contributed by atoms with Crippen LogP contribution in [0.25, 0.3) is 0 Å². The largest absolute Gasteiger partial charge is 0.396 e. The van der Waals surface area contributed by atoms with Gasteiger partial charge in [-0.3, -0.25) is 9.59 Å². The zero-order valence-electron chi connectivity index (χ0n) is 49.8. The highest BCUT2D eigenvalue weighted by Crippen LogP contribution is 2.48. The van der Waals surface area contributed by atoms with Crippen LogP contribution in [0.15, 0.2) is 17.5 Å². The standard InChI is InChI=1S/C18H26ClNO2S.C12H21NO2.C7H12O2.C6H7ClOS.C5H11NO.ClH.S25.S2/c1-12-10-18(17-14(4-7-22-18)9-16(19)23-17)11-15(20-12)8-13-2-5-21-6-3-13;1-9-6-12(14)8-11(13-9)7-10-2-4-15-5-3-10;8-4-1-7-2-5-9-6-3-7;7-6-3-5(1-2-8)4-9-6;1-4(6)3-5(2)7;;1-3-5-7-9-11-13-15-17-19-21-23-25-24-22-20-18-16-14-12-10-8-6-4-2;1-2/h9,12-13,15,20H,2-8,10-11H2,1H3;9-11,13H,2-8H2,1H3;4,7H,1-3,5-6H2;3-4,8H,1-2H2;4H,3,6H2,1-2H3;1H;;/t;;;;4-;;;/m....0.../s1. The maximum absolute atomic E-state index is 11.5. The lowest BCUT2D eigenvalue weighted by Gasteiger charge is -2.47. The Morgan fingerprint density at radius 2 is 1.12 bits per heavy atom. The summed E-state index contributed by atoms with van der Waals surface area (Å²) in [5.41, 5.74) is 7.71. The number of hydrogen-bond donors (Lipinski definition) is 4. The smallest absolute Gasteiger partial charge is 0.136 e. The van der Waals surface area contributed by atoms with Crippen molar-refractivity contribution in [3.8, 4) is 0 Å². The van der Waals surface area contributed by atoms with Gasteiger partial charge in [0.1, 0.15) is 23.5 Å². The molecule has 5 saturated heterocycles. The van der Waals surface area contributed by atoms with Gasteiger partial charge in [0.05, 0.1) is 15.3 Å². The third-order valence-corrected chi connectivity index (χ3v) is 64.7. The quantitative estimate of drug-likeness (QED) is 0.167. The van der Waals surface area contributed by atoms with Crippen molar-refractivity contribution < 1.29 is 38.4 Å². The lowest BCUT2D eigenvalue weighted by Crippen LogP contribution is -2.53. The van der Waals surface area contributed by atoms with Gasteiger partial charge in [0.15, 0.2) is 0 Å². The molecule has 5 fully saturated rings. The van der Waals surface area contributed by atoms with Crippen molar-refractivity contribution in [3.63, 3.8) is 0 Å². The van der Waals surface area contributed by atoms with Crippen LogP contribution < -0.4 is 16.4 Å². The number of fused-ring (bicyclic) bond motifs is 2. The summed E-state index contributed by atoms with van der Waals surface area (Å²) in [6.07, 6.45) is 16.8. The predicted octanol–water partition coefficient (Wildman–Crippen LogP) is 9.25. The first kappa shape index (κ1) is 93.9. The van der Waals surface area contributed by atoms with E-state index in [2.05, 4.69) is 52.9 Å². The molecule has 2 aromatic rings. The van der Waals surface area contributed by atoms with E-state index in [1.54, 1.807) is 143 Å². The number of piperidine rings is 2. The number of aliphatic hydroxyl groups is 1. The lowest BCUT2D eigenvalue weighted by molar-refractivity contribution is -0.121. The highest BCUT2D eigenvalue weighted by Gasteiger charge is 2.46. The number of nitrogens with two attached hydrogens (primary N) is 1. The summed E-state index contributed by atoms with van der Waals surface area (Å²) in [7, 11) is 40.0. The second-order valence-electron chi connectivity index (χ2n) is 20.1. The molecule has 528 valence electrons. The molecule has 5 N–H and O–H groups in total. The maximum atomic E-state index is 11.5. The number of carbonyl (C=O) groups is 3. The number of rotatable bonds is 10. The third kappa shape index (κ3) is 49.3. The maximum Gasteiger partial charge on any atom is 0.136 e. The van der Waals surface area contributed by atoms with E-state index in [0.29, 0.717) is 55.1 Å². The number of hydrogen-bond acceptors (Lipinski definition) is 17. The fourth-order valence-electron chi connectivity index (χ4n) is 9.89.